The highest BCUT2D eigenvalue weighted by Gasteiger charge is 2.47. The Morgan fingerprint density at radius 2 is 2.05 bits per heavy atom. The molecule has 1 aliphatic rings. The minimum atomic E-state index is -4.45. The van der Waals surface area contributed by atoms with E-state index in [1.165, 1.54) is 18.2 Å². The van der Waals surface area contributed by atoms with Gasteiger partial charge in [0.15, 0.2) is 0 Å². The first-order valence-corrected chi connectivity index (χ1v) is 6.97. The third-order valence-corrected chi connectivity index (χ3v) is 4.09. The third-order valence-electron chi connectivity index (χ3n) is 3.66. The number of carbonyl (C=O) groups is 1. The van der Waals surface area contributed by atoms with E-state index in [9.17, 15) is 18.0 Å². The van der Waals surface area contributed by atoms with E-state index in [-0.39, 0.29) is 24.9 Å². The fourth-order valence-electron chi connectivity index (χ4n) is 2.51. The van der Waals surface area contributed by atoms with E-state index < -0.39 is 24.2 Å². The smallest absolute Gasteiger partial charge is 0.326 e. The van der Waals surface area contributed by atoms with Gasteiger partial charge in [-0.2, -0.15) is 13.2 Å². The van der Waals surface area contributed by atoms with Crippen LogP contribution in [0.1, 0.15) is 28.8 Å². The van der Waals surface area contributed by atoms with E-state index in [2.05, 4.69) is 0 Å². The zero-order valence-electron chi connectivity index (χ0n) is 11.5. The van der Waals surface area contributed by atoms with Crippen molar-refractivity contribution in [2.45, 2.75) is 38.0 Å². The molecule has 2 atom stereocenters. The highest BCUT2D eigenvalue weighted by molar-refractivity contribution is 6.31. The lowest BCUT2D eigenvalue weighted by Crippen LogP contribution is -2.56. The second kappa shape index (κ2) is 5.85. The Bertz CT molecular complexity index is 548. The number of halogens is 4. The Hall–Kier alpha value is -1.27. The van der Waals surface area contributed by atoms with Crippen LogP contribution in [0.25, 0.3) is 0 Å². The molecule has 1 aromatic rings. The summed E-state index contributed by atoms with van der Waals surface area (Å²) in [6.07, 6.45) is -4.35. The molecule has 1 heterocycles. The van der Waals surface area contributed by atoms with E-state index in [0.717, 1.165) is 4.90 Å². The maximum absolute atomic E-state index is 13.1. The van der Waals surface area contributed by atoms with Crippen molar-refractivity contribution in [3.63, 3.8) is 0 Å². The van der Waals surface area contributed by atoms with Crippen molar-refractivity contribution in [2.75, 3.05) is 6.54 Å². The summed E-state index contributed by atoms with van der Waals surface area (Å²) in [5.74, 6) is -0.660. The Labute approximate surface area is 125 Å². The number of piperidine rings is 1. The molecule has 0 bridgehead atoms. The van der Waals surface area contributed by atoms with Gasteiger partial charge >= 0.3 is 6.18 Å². The minimum absolute atomic E-state index is 0.0926. The van der Waals surface area contributed by atoms with Crippen molar-refractivity contribution < 1.29 is 18.0 Å². The highest BCUT2D eigenvalue weighted by Crippen LogP contribution is 2.32. The fraction of sp³-hybridized carbons (Fsp3) is 0.500. The Kier molecular flexibility index (Phi) is 4.49. The van der Waals surface area contributed by atoms with Gasteiger partial charge in [0.05, 0.1) is 0 Å². The maximum atomic E-state index is 13.1. The molecule has 2 rings (SSSR count). The average Bonchev–Trinajstić information content (AvgIpc) is 2.39. The molecule has 0 radical (unpaired) electrons. The van der Waals surface area contributed by atoms with Gasteiger partial charge in [-0.05, 0) is 43.5 Å². The molecule has 1 amide bonds. The van der Waals surface area contributed by atoms with Crippen molar-refractivity contribution >= 4 is 17.5 Å². The first-order chi connectivity index (χ1) is 9.70. The monoisotopic (exact) mass is 320 g/mol. The molecule has 2 N–H and O–H groups in total. The summed E-state index contributed by atoms with van der Waals surface area (Å²) in [6.45, 7) is 1.60. The minimum Gasteiger partial charge on any atom is -0.326 e. The number of nitrogens with zero attached hydrogens (tertiary/aromatic N) is 1. The summed E-state index contributed by atoms with van der Waals surface area (Å²) in [5, 5.41) is 0.467. The Balaban J connectivity index is 2.31. The molecule has 3 nitrogen and oxygen atoms in total. The second-order valence-electron chi connectivity index (χ2n) is 5.32. The largest absolute Gasteiger partial charge is 0.408 e. The normalized spacial score (nSPS) is 23.2. The lowest BCUT2D eigenvalue weighted by molar-refractivity contribution is -0.184. The molecule has 21 heavy (non-hydrogen) atoms. The van der Waals surface area contributed by atoms with Crippen LogP contribution in [0.5, 0.6) is 0 Å². The van der Waals surface area contributed by atoms with Gasteiger partial charge in [0.25, 0.3) is 5.91 Å². The molecule has 0 aromatic heterocycles. The van der Waals surface area contributed by atoms with Crippen molar-refractivity contribution in [1.82, 2.24) is 4.90 Å². The number of benzene rings is 1. The first-order valence-electron chi connectivity index (χ1n) is 6.59. The van der Waals surface area contributed by atoms with Crippen molar-refractivity contribution in [1.29, 1.82) is 0 Å². The molecule has 1 fully saturated rings. The summed E-state index contributed by atoms with van der Waals surface area (Å²) >= 11 is 5.87. The summed E-state index contributed by atoms with van der Waals surface area (Å²) in [6, 6.07) is 2.24. The van der Waals surface area contributed by atoms with Crippen LogP contribution in [0.3, 0.4) is 0 Å². The van der Waals surface area contributed by atoms with E-state index in [1.54, 1.807) is 6.92 Å². The van der Waals surface area contributed by atoms with Crippen LogP contribution in [-0.2, 0) is 0 Å². The van der Waals surface area contributed by atoms with Gasteiger partial charge in [0, 0.05) is 23.2 Å². The molecular formula is C14H16ClF3N2O. The van der Waals surface area contributed by atoms with Crippen LogP contribution in [0.4, 0.5) is 13.2 Å². The molecule has 2 unspecified atom stereocenters. The number of hydrogen-bond acceptors (Lipinski definition) is 2. The summed E-state index contributed by atoms with van der Waals surface area (Å²) < 4.78 is 39.2. The van der Waals surface area contributed by atoms with Crippen LogP contribution in [0.15, 0.2) is 18.2 Å². The molecule has 0 aliphatic carbocycles. The fourth-order valence-corrected chi connectivity index (χ4v) is 2.62. The predicted molar refractivity (Wildman–Crippen MR) is 74.3 cm³/mol. The van der Waals surface area contributed by atoms with Crippen molar-refractivity contribution in [3.05, 3.63) is 34.3 Å². The quantitative estimate of drug-likeness (QED) is 0.864. The van der Waals surface area contributed by atoms with Crippen molar-refractivity contribution in [3.8, 4) is 0 Å². The van der Waals surface area contributed by atoms with Crippen molar-refractivity contribution in [2.24, 2.45) is 5.73 Å². The molecule has 1 aromatic carbocycles. The van der Waals surface area contributed by atoms with Gasteiger partial charge in [-0.25, -0.2) is 0 Å². The number of nitrogens with two attached hydrogens (primary N) is 1. The zero-order valence-corrected chi connectivity index (χ0v) is 12.2. The molecule has 1 aliphatic heterocycles. The SMILES string of the molecule is Cc1cc(C(=O)N2CC(N)CCC2C(F)(F)F)ccc1Cl. The summed E-state index contributed by atoms with van der Waals surface area (Å²) in [4.78, 5) is 13.2. The van der Waals surface area contributed by atoms with Crippen LogP contribution in [0.2, 0.25) is 5.02 Å². The molecule has 116 valence electrons. The topological polar surface area (TPSA) is 46.3 Å². The van der Waals surface area contributed by atoms with Gasteiger partial charge in [0.1, 0.15) is 6.04 Å². The number of amides is 1. The van der Waals surface area contributed by atoms with Crippen LogP contribution < -0.4 is 5.73 Å². The number of aryl methyl sites for hydroxylation is 1. The zero-order chi connectivity index (χ0) is 15.8. The third kappa shape index (κ3) is 3.49. The number of likely N-dealkylation sites (tertiary alicyclic amines) is 1. The molecule has 0 saturated carbocycles. The van der Waals surface area contributed by atoms with E-state index >= 15 is 0 Å². The Morgan fingerprint density at radius 3 is 2.62 bits per heavy atom. The molecule has 7 heteroatoms. The molecule has 0 spiro atoms. The van der Waals surface area contributed by atoms with E-state index in [1.807, 2.05) is 0 Å². The second-order valence-corrected chi connectivity index (χ2v) is 5.72. The van der Waals surface area contributed by atoms with E-state index in [4.69, 9.17) is 17.3 Å². The molecule has 1 saturated heterocycles. The van der Waals surface area contributed by atoms with Gasteiger partial charge in [0.2, 0.25) is 0 Å². The number of carbonyl (C=O) groups excluding carboxylic acids is 1. The summed E-state index contributed by atoms with van der Waals surface area (Å²) in [7, 11) is 0. The van der Waals surface area contributed by atoms with Crippen LogP contribution >= 0.6 is 11.6 Å². The number of rotatable bonds is 1. The van der Waals surface area contributed by atoms with Gasteiger partial charge in [-0.15, -0.1) is 0 Å². The first kappa shape index (κ1) is 16.1. The predicted octanol–water partition coefficient (Wildman–Crippen LogP) is 3.14. The van der Waals surface area contributed by atoms with Gasteiger partial charge in [-0.3, -0.25) is 4.79 Å². The van der Waals surface area contributed by atoms with Gasteiger partial charge < -0.3 is 10.6 Å². The highest BCUT2D eigenvalue weighted by atomic mass is 35.5. The molecular weight excluding hydrogens is 305 g/mol. The lowest BCUT2D eigenvalue weighted by atomic mass is 9.97. The number of hydrogen-bond donors (Lipinski definition) is 1. The summed E-state index contributed by atoms with van der Waals surface area (Å²) in [5.41, 5.74) is 6.56. The standard InChI is InChI=1S/C14H16ClF3N2O/c1-8-6-9(2-4-11(8)15)13(21)20-7-10(19)3-5-12(20)14(16,17)18/h2,4,6,10,12H,3,5,7,19H2,1H3. The number of alkyl halides is 3. The van der Waals surface area contributed by atoms with E-state index in [0.29, 0.717) is 10.6 Å². The Morgan fingerprint density at radius 1 is 1.38 bits per heavy atom. The lowest BCUT2D eigenvalue weighted by Gasteiger charge is -2.39. The van der Waals surface area contributed by atoms with Gasteiger partial charge in [-0.1, -0.05) is 11.6 Å². The maximum Gasteiger partial charge on any atom is 0.408 e. The average molecular weight is 321 g/mol. The van der Waals surface area contributed by atoms with Crippen LogP contribution in [0, 0.1) is 6.92 Å². The van der Waals surface area contributed by atoms with Crippen LogP contribution in [-0.4, -0.2) is 35.6 Å².